The molecule has 136 valence electrons. The summed E-state index contributed by atoms with van der Waals surface area (Å²) in [7, 11) is 3.13. The third kappa shape index (κ3) is 4.05. The number of para-hydroxylation sites is 2. The Morgan fingerprint density at radius 3 is 2.54 bits per heavy atom. The van der Waals surface area contributed by atoms with Gasteiger partial charge in [-0.15, -0.1) is 0 Å². The van der Waals surface area contributed by atoms with Crippen LogP contribution < -0.4 is 19.5 Å². The van der Waals surface area contributed by atoms with Crippen LogP contribution in [-0.4, -0.2) is 50.1 Å². The zero-order chi connectivity index (χ0) is 18.5. The lowest BCUT2D eigenvalue weighted by Gasteiger charge is -2.28. The number of nitrogens with one attached hydrogen (secondary N) is 1. The molecule has 0 unspecified atom stereocenters. The topological polar surface area (TPSA) is 77.1 Å². The molecule has 7 nitrogen and oxygen atoms in total. The Morgan fingerprint density at radius 1 is 1.15 bits per heavy atom. The maximum Gasteiger partial charge on any atom is 0.267 e. The van der Waals surface area contributed by atoms with Crippen molar-refractivity contribution in [3.63, 3.8) is 0 Å². The molecule has 7 heteroatoms. The molecule has 2 amide bonds. The van der Waals surface area contributed by atoms with E-state index in [0.717, 1.165) is 0 Å². The van der Waals surface area contributed by atoms with Crippen LogP contribution in [0.15, 0.2) is 48.5 Å². The molecular weight excluding hydrogens is 336 g/mol. The van der Waals surface area contributed by atoms with Gasteiger partial charge in [-0.1, -0.05) is 12.1 Å². The van der Waals surface area contributed by atoms with Gasteiger partial charge in [0, 0.05) is 12.7 Å². The van der Waals surface area contributed by atoms with Crippen molar-refractivity contribution < 1.29 is 23.8 Å². The van der Waals surface area contributed by atoms with E-state index >= 15 is 0 Å². The minimum atomic E-state index is -0.774. The first-order valence-electron chi connectivity index (χ1n) is 8.14. The Morgan fingerprint density at radius 2 is 1.85 bits per heavy atom. The second kappa shape index (κ2) is 7.77. The Bertz CT molecular complexity index is 791. The number of hydrogen-bond acceptors (Lipinski definition) is 5. The quantitative estimate of drug-likeness (QED) is 0.886. The third-order valence-corrected chi connectivity index (χ3v) is 3.91. The van der Waals surface area contributed by atoms with Gasteiger partial charge in [0.15, 0.2) is 11.5 Å². The van der Waals surface area contributed by atoms with Gasteiger partial charge >= 0.3 is 0 Å². The van der Waals surface area contributed by atoms with Crippen LogP contribution in [0.2, 0.25) is 0 Å². The molecule has 0 aliphatic carbocycles. The lowest BCUT2D eigenvalue weighted by atomic mass is 10.2. The van der Waals surface area contributed by atoms with Crippen molar-refractivity contribution in [2.45, 2.75) is 6.10 Å². The van der Waals surface area contributed by atoms with Crippen molar-refractivity contribution >= 4 is 17.5 Å². The molecule has 1 atom stereocenters. The largest absolute Gasteiger partial charge is 0.497 e. The summed E-state index contributed by atoms with van der Waals surface area (Å²) in [5.74, 6) is 1.21. The van der Waals surface area contributed by atoms with E-state index in [4.69, 9.17) is 14.2 Å². The molecule has 2 aromatic rings. The normalized spacial score (nSPS) is 15.1. The van der Waals surface area contributed by atoms with Crippen molar-refractivity contribution in [3.8, 4) is 17.2 Å². The summed E-state index contributed by atoms with van der Waals surface area (Å²) in [5.41, 5.74) is 0.628. The number of nitrogens with zero attached hydrogens (tertiary/aromatic N) is 1. The van der Waals surface area contributed by atoms with Crippen molar-refractivity contribution in [3.05, 3.63) is 48.5 Å². The molecule has 1 heterocycles. The van der Waals surface area contributed by atoms with E-state index in [9.17, 15) is 9.59 Å². The highest BCUT2D eigenvalue weighted by atomic mass is 16.6. The van der Waals surface area contributed by atoms with Crippen LogP contribution in [0.3, 0.4) is 0 Å². The summed E-state index contributed by atoms with van der Waals surface area (Å²) in [4.78, 5) is 26.0. The van der Waals surface area contributed by atoms with Crippen molar-refractivity contribution in [1.82, 2.24) is 4.90 Å². The fourth-order valence-electron chi connectivity index (χ4n) is 2.56. The standard InChI is InChI=1S/C19H20N2O5/c1-21(11-18(22)20-13-7-9-14(24-2)10-8-13)19(23)17-12-25-15-5-3-4-6-16(15)26-17/h3-10,17H,11-12H2,1-2H3,(H,20,22)/t17-/m1/s1. The number of anilines is 1. The molecule has 0 saturated heterocycles. The molecular formula is C19H20N2O5. The molecule has 1 N–H and O–H groups in total. The average molecular weight is 356 g/mol. The Kier molecular flexibility index (Phi) is 5.26. The van der Waals surface area contributed by atoms with Gasteiger partial charge in [-0.25, -0.2) is 0 Å². The van der Waals surface area contributed by atoms with Gasteiger partial charge in [0.05, 0.1) is 13.7 Å². The molecule has 0 bridgehead atoms. The van der Waals surface area contributed by atoms with Gasteiger partial charge in [-0.3, -0.25) is 9.59 Å². The monoisotopic (exact) mass is 356 g/mol. The van der Waals surface area contributed by atoms with Crippen LogP contribution >= 0.6 is 0 Å². The zero-order valence-corrected chi connectivity index (χ0v) is 14.6. The number of amides is 2. The van der Waals surface area contributed by atoms with E-state index in [1.807, 2.05) is 6.07 Å². The minimum absolute atomic E-state index is 0.0909. The first kappa shape index (κ1) is 17.6. The number of carbonyl (C=O) groups excluding carboxylic acids is 2. The minimum Gasteiger partial charge on any atom is -0.497 e. The molecule has 0 saturated carbocycles. The molecule has 3 rings (SSSR count). The molecule has 0 aromatic heterocycles. The van der Waals surface area contributed by atoms with Crippen LogP contribution in [0.25, 0.3) is 0 Å². The average Bonchev–Trinajstić information content (AvgIpc) is 2.67. The van der Waals surface area contributed by atoms with Gasteiger partial charge in [-0.2, -0.15) is 0 Å². The van der Waals surface area contributed by atoms with Gasteiger partial charge in [0.2, 0.25) is 12.0 Å². The number of fused-ring (bicyclic) bond motifs is 1. The molecule has 2 aromatic carbocycles. The molecule has 0 spiro atoms. The van der Waals surface area contributed by atoms with Crippen molar-refractivity contribution in [1.29, 1.82) is 0 Å². The third-order valence-electron chi connectivity index (χ3n) is 3.91. The van der Waals surface area contributed by atoms with E-state index in [-0.39, 0.29) is 25.0 Å². The summed E-state index contributed by atoms with van der Waals surface area (Å²) >= 11 is 0. The lowest BCUT2D eigenvalue weighted by molar-refractivity contribution is -0.141. The second-order valence-electron chi connectivity index (χ2n) is 5.84. The first-order valence-corrected chi connectivity index (χ1v) is 8.14. The highest BCUT2D eigenvalue weighted by Gasteiger charge is 2.30. The highest BCUT2D eigenvalue weighted by Crippen LogP contribution is 2.31. The summed E-state index contributed by atoms with van der Waals surface area (Å²) in [6.07, 6.45) is -0.774. The summed E-state index contributed by atoms with van der Waals surface area (Å²) in [6, 6.07) is 14.1. The number of hydrogen-bond donors (Lipinski definition) is 1. The maximum absolute atomic E-state index is 12.5. The zero-order valence-electron chi connectivity index (χ0n) is 14.6. The fraction of sp³-hybridized carbons (Fsp3) is 0.263. The SMILES string of the molecule is COc1ccc(NC(=O)CN(C)C(=O)[C@H]2COc3ccccc3O2)cc1. The van der Waals surface area contributed by atoms with Gasteiger partial charge in [-0.05, 0) is 36.4 Å². The molecule has 0 radical (unpaired) electrons. The van der Waals surface area contributed by atoms with E-state index in [1.165, 1.54) is 4.90 Å². The van der Waals surface area contributed by atoms with Crippen LogP contribution in [0, 0.1) is 0 Å². The van der Waals surface area contributed by atoms with Crippen LogP contribution in [0.5, 0.6) is 17.2 Å². The predicted molar refractivity (Wildman–Crippen MR) is 95.6 cm³/mol. The van der Waals surface area contributed by atoms with Gasteiger partial charge in [0.1, 0.15) is 12.4 Å². The summed E-state index contributed by atoms with van der Waals surface area (Å²) in [6.45, 7) is 0.0205. The van der Waals surface area contributed by atoms with E-state index in [2.05, 4.69) is 5.32 Å². The van der Waals surface area contributed by atoms with Gasteiger partial charge < -0.3 is 24.4 Å². The van der Waals surface area contributed by atoms with Gasteiger partial charge in [0.25, 0.3) is 5.91 Å². The second-order valence-corrected chi connectivity index (χ2v) is 5.84. The Labute approximate surface area is 151 Å². The van der Waals surface area contributed by atoms with Crippen molar-refractivity contribution in [2.24, 2.45) is 0 Å². The maximum atomic E-state index is 12.5. The van der Waals surface area contributed by atoms with Crippen molar-refractivity contribution in [2.75, 3.05) is 32.6 Å². The first-order chi connectivity index (χ1) is 12.6. The fourth-order valence-corrected chi connectivity index (χ4v) is 2.56. The Balaban J connectivity index is 1.54. The number of rotatable bonds is 5. The van der Waals surface area contributed by atoms with E-state index < -0.39 is 6.10 Å². The smallest absolute Gasteiger partial charge is 0.267 e. The molecule has 1 aliphatic rings. The van der Waals surface area contributed by atoms with Crippen LogP contribution in [0.1, 0.15) is 0 Å². The predicted octanol–water partition coefficient (Wildman–Crippen LogP) is 1.93. The molecule has 1 aliphatic heterocycles. The summed E-state index contributed by atoms with van der Waals surface area (Å²) in [5, 5.41) is 2.74. The summed E-state index contributed by atoms with van der Waals surface area (Å²) < 4.78 is 16.3. The molecule has 0 fully saturated rings. The van der Waals surface area contributed by atoms with E-state index in [0.29, 0.717) is 22.9 Å². The van der Waals surface area contributed by atoms with E-state index in [1.54, 1.807) is 56.6 Å². The van der Waals surface area contributed by atoms with Crippen LogP contribution in [0.4, 0.5) is 5.69 Å². The number of ether oxygens (including phenoxy) is 3. The number of carbonyl (C=O) groups is 2. The highest BCUT2D eigenvalue weighted by molar-refractivity contribution is 5.95. The van der Waals surface area contributed by atoms with Crippen LogP contribution in [-0.2, 0) is 9.59 Å². The lowest BCUT2D eigenvalue weighted by Crippen LogP contribution is -2.47. The number of methoxy groups -OCH3 is 1. The Hall–Kier alpha value is -3.22. The number of likely N-dealkylation sites (N-methyl/N-ethyl adjacent to an activating group) is 1. The molecule has 26 heavy (non-hydrogen) atoms. The number of benzene rings is 2.